The van der Waals surface area contributed by atoms with E-state index in [-0.39, 0.29) is 0 Å². The van der Waals surface area contributed by atoms with E-state index in [2.05, 4.69) is 10.2 Å². The van der Waals surface area contributed by atoms with Gasteiger partial charge >= 0.3 is 0 Å². The molecule has 1 aromatic heterocycles. The van der Waals surface area contributed by atoms with Crippen LogP contribution in [0.3, 0.4) is 0 Å². The minimum atomic E-state index is 0.512. The van der Waals surface area contributed by atoms with Crippen LogP contribution in [-0.4, -0.2) is 27.1 Å². The molecule has 1 heterocycles. The van der Waals surface area contributed by atoms with Gasteiger partial charge in [0, 0.05) is 33.6 Å². The SMILES string of the molecule is Cn1c(CSCCOc2ccc(Cl)cc2Cl)nnc1SCc1ccc(Cl)cc1Cl. The zero-order chi connectivity index (χ0) is 20.8. The van der Waals surface area contributed by atoms with Crippen LogP contribution in [0, 0.1) is 0 Å². The first kappa shape index (κ1) is 22.9. The van der Waals surface area contributed by atoms with Gasteiger partial charge in [-0.2, -0.15) is 11.8 Å². The summed E-state index contributed by atoms with van der Waals surface area (Å²) in [6.07, 6.45) is 0. The van der Waals surface area contributed by atoms with Gasteiger partial charge in [-0.1, -0.05) is 64.2 Å². The molecular weight excluding hydrogens is 492 g/mol. The van der Waals surface area contributed by atoms with Crippen LogP contribution in [0.25, 0.3) is 0 Å². The molecule has 29 heavy (non-hydrogen) atoms. The van der Waals surface area contributed by atoms with E-state index in [9.17, 15) is 0 Å². The van der Waals surface area contributed by atoms with E-state index in [0.717, 1.165) is 28.0 Å². The molecule has 154 valence electrons. The lowest BCUT2D eigenvalue weighted by molar-refractivity contribution is 0.344. The molecule has 3 rings (SSSR count). The molecular formula is C19H17Cl4N3OS2. The minimum absolute atomic E-state index is 0.512. The van der Waals surface area contributed by atoms with Gasteiger partial charge in [0.1, 0.15) is 11.6 Å². The average Bonchev–Trinajstić information content (AvgIpc) is 3.02. The van der Waals surface area contributed by atoms with Gasteiger partial charge in [0.2, 0.25) is 0 Å². The van der Waals surface area contributed by atoms with Crippen molar-refractivity contribution in [3.63, 3.8) is 0 Å². The smallest absolute Gasteiger partial charge is 0.191 e. The van der Waals surface area contributed by atoms with Crippen molar-refractivity contribution in [3.05, 3.63) is 67.9 Å². The molecule has 0 aliphatic heterocycles. The lowest BCUT2D eigenvalue weighted by atomic mass is 10.2. The molecule has 0 fully saturated rings. The van der Waals surface area contributed by atoms with Crippen molar-refractivity contribution in [2.24, 2.45) is 7.05 Å². The van der Waals surface area contributed by atoms with Crippen molar-refractivity contribution in [1.82, 2.24) is 14.8 Å². The Bertz CT molecular complexity index is 984. The van der Waals surface area contributed by atoms with Crippen molar-refractivity contribution in [2.45, 2.75) is 16.7 Å². The normalized spacial score (nSPS) is 11.1. The zero-order valence-electron chi connectivity index (χ0n) is 15.4. The molecule has 0 bridgehead atoms. The molecule has 0 saturated carbocycles. The highest BCUT2D eigenvalue weighted by Gasteiger charge is 2.11. The highest BCUT2D eigenvalue weighted by atomic mass is 35.5. The maximum Gasteiger partial charge on any atom is 0.191 e. The predicted molar refractivity (Wildman–Crippen MR) is 125 cm³/mol. The second-order valence-electron chi connectivity index (χ2n) is 5.96. The van der Waals surface area contributed by atoms with E-state index in [4.69, 9.17) is 51.1 Å². The van der Waals surface area contributed by atoms with E-state index in [0.29, 0.717) is 38.2 Å². The molecule has 2 aromatic carbocycles. The summed E-state index contributed by atoms with van der Waals surface area (Å²) in [4.78, 5) is 0. The maximum atomic E-state index is 6.23. The van der Waals surface area contributed by atoms with Gasteiger partial charge in [0.05, 0.1) is 17.4 Å². The van der Waals surface area contributed by atoms with E-state index in [1.807, 2.05) is 23.7 Å². The summed E-state index contributed by atoms with van der Waals surface area (Å²) in [7, 11) is 1.96. The Morgan fingerprint density at radius 3 is 2.38 bits per heavy atom. The number of hydrogen-bond acceptors (Lipinski definition) is 5. The van der Waals surface area contributed by atoms with Gasteiger partial charge in [0.25, 0.3) is 0 Å². The Morgan fingerprint density at radius 1 is 0.931 bits per heavy atom. The fourth-order valence-corrected chi connectivity index (χ4v) is 5.07. The largest absolute Gasteiger partial charge is 0.491 e. The summed E-state index contributed by atoms with van der Waals surface area (Å²) in [6.45, 7) is 0.542. The highest BCUT2D eigenvalue weighted by molar-refractivity contribution is 7.98. The number of halogens is 4. The third-order valence-corrected chi connectivity index (χ3v) is 7.01. The highest BCUT2D eigenvalue weighted by Crippen LogP contribution is 2.29. The third-order valence-electron chi connectivity index (χ3n) is 3.91. The molecule has 0 aliphatic rings. The first-order chi connectivity index (χ1) is 13.9. The number of hydrogen-bond donors (Lipinski definition) is 0. The fourth-order valence-electron chi connectivity index (χ4n) is 2.34. The van der Waals surface area contributed by atoms with Crippen LogP contribution < -0.4 is 4.74 Å². The van der Waals surface area contributed by atoms with Gasteiger partial charge < -0.3 is 9.30 Å². The van der Waals surface area contributed by atoms with Crippen LogP contribution in [0.4, 0.5) is 0 Å². The molecule has 4 nitrogen and oxygen atoms in total. The Labute approximate surface area is 198 Å². The van der Waals surface area contributed by atoms with Crippen molar-refractivity contribution in [2.75, 3.05) is 12.4 Å². The second-order valence-corrected chi connectivity index (χ2v) is 9.69. The van der Waals surface area contributed by atoms with Gasteiger partial charge in [0.15, 0.2) is 5.16 Å². The zero-order valence-corrected chi connectivity index (χ0v) is 20.0. The number of nitrogens with zero attached hydrogens (tertiary/aromatic N) is 3. The second kappa shape index (κ2) is 11.0. The van der Waals surface area contributed by atoms with Crippen LogP contribution in [0.15, 0.2) is 41.6 Å². The third kappa shape index (κ3) is 6.61. The Kier molecular flexibility index (Phi) is 8.71. The molecule has 3 aromatic rings. The van der Waals surface area contributed by atoms with Crippen molar-refractivity contribution >= 4 is 69.9 Å². The summed E-state index contributed by atoms with van der Waals surface area (Å²) in [5, 5.41) is 11.8. The summed E-state index contributed by atoms with van der Waals surface area (Å²) >= 11 is 27.5. The monoisotopic (exact) mass is 507 g/mol. The molecule has 10 heteroatoms. The van der Waals surface area contributed by atoms with Crippen molar-refractivity contribution in [1.29, 1.82) is 0 Å². The van der Waals surface area contributed by atoms with Gasteiger partial charge in [-0.25, -0.2) is 0 Å². The molecule has 0 radical (unpaired) electrons. The summed E-state index contributed by atoms with van der Waals surface area (Å²) in [5.41, 5.74) is 1.01. The number of thioether (sulfide) groups is 2. The van der Waals surface area contributed by atoms with E-state index in [1.54, 1.807) is 47.8 Å². The number of rotatable bonds is 9. The summed E-state index contributed by atoms with van der Waals surface area (Å²) < 4.78 is 7.69. The number of ether oxygens (including phenoxy) is 1. The molecule has 0 aliphatic carbocycles. The molecule has 0 atom stereocenters. The van der Waals surface area contributed by atoms with Crippen LogP contribution in [0.1, 0.15) is 11.4 Å². The van der Waals surface area contributed by atoms with E-state index in [1.165, 1.54) is 0 Å². The maximum absolute atomic E-state index is 6.23. The molecule has 0 saturated heterocycles. The lowest BCUT2D eigenvalue weighted by Crippen LogP contribution is -2.03. The molecule has 0 amide bonds. The average molecular weight is 509 g/mol. The lowest BCUT2D eigenvalue weighted by Gasteiger charge is -2.08. The fraction of sp³-hybridized carbons (Fsp3) is 0.263. The first-order valence-corrected chi connectivity index (χ1v) is 12.2. The van der Waals surface area contributed by atoms with Crippen LogP contribution in [-0.2, 0) is 18.6 Å². The number of benzene rings is 2. The summed E-state index contributed by atoms with van der Waals surface area (Å²) in [6, 6.07) is 10.7. The Morgan fingerprint density at radius 2 is 1.66 bits per heavy atom. The van der Waals surface area contributed by atoms with E-state index < -0.39 is 0 Å². The van der Waals surface area contributed by atoms with E-state index >= 15 is 0 Å². The van der Waals surface area contributed by atoms with Crippen molar-refractivity contribution in [3.8, 4) is 5.75 Å². The predicted octanol–water partition coefficient (Wildman–Crippen LogP) is 7.03. The molecule has 0 N–H and O–H groups in total. The van der Waals surface area contributed by atoms with Crippen LogP contribution in [0.2, 0.25) is 20.1 Å². The van der Waals surface area contributed by atoms with Crippen LogP contribution >= 0.6 is 69.9 Å². The van der Waals surface area contributed by atoms with Gasteiger partial charge in [-0.3, -0.25) is 0 Å². The Balaban J connectivity index is 1.44. The topological polar surface area (TPSA) is 39.9 Å². The standard InChI is InChI=1S/C19H17Cl4N3OS2/c1-26-18(11-28-7-6-27-17-5-4-14(21)9-16(17)23)24-25-19(26)29-10-12-2-3-13(20)8-15(12)22/h2-5,8-9H,6-7,10-11H2,1H3. The number of aromatic nitrogens is 3. The van der Waals surface area contributed by atoms with Gasteiger partial charge in [-0.15, -0.1) is 10.2 Å². The quantitative estimate of drug-likeness (QED) is 0.229. The minimum Gasteiger partial charge on any atom is -0.491 e. The molecule has 0 unspecified atom stereocenters. The molecule has 0 spiro atoms. The van der Waals surface area contributed by atoms with Crippen LogP contribution in [0.5, 0.6) is 5.75 Å². The van der Waals surface area contributed by atoms with Crippen molar-refractivity contribution < 1.29 is 4.74 Å². The summed E-state index contributed by atoms with van der Waals surface area (Å²) in [5.74, 6) is 3.78. The Hall–Kier alpha value is -0.760. The van der Waals surface area contributed by atoms with Gasteiger partial charge in [-0.05, 0) is 35.9 Å². The first-order valence-electron chi connectivity index (χ1n) is 8.54.